The molecule has 0 atom stereocenters. The zero-order valence-electron chi connectivity index (χ0n) is 18.1. The van der Waals surface area contributed by atoms with Crippen LogP contribution in [0, 0.1) is 0 Å². The van der Waals surface area contributed by atoms with Crippen LogP contribution in [0.15, 0.2) is 64.5 Å². The van der Waals surface area contributed by atoms with Gasteiger partial charge in [0.15, 0.2) is 5.96 Å². The average molecular weight is 429 g/mol. The summed E-state index contributed by atoms with van der Waals surface area (Å²) in [5, 5.41) is 6.85. The maximum absolute atomic E-state index is 12.2. The lowest BCUT2D eigenvalue weighted by molar-refractivity contribution is 0.431. The van der Waals surface area contributed by atoms with Gasteiger partial charge in [-0.1, -0.05) is 55.3 Å². The molecular formula is C23H32N4O2S. The summed E-state index contributed by atoms with van der Waals surface area (Å²) in [5.41, 5.74) is 2.54. The summed E-state index contributed by atoms with van der Waals surface area (Å²) >= 11 is 0. The minimum Gasteiger partial charge on any atom is -0.356 e. The fraction of sp³-hybridized carbons (Fsp3) is 0.435. The van der Waals surface area contributed by atoms with E-state index in [1.54, 1.807) is 19.2 Å². The topological polar surface area (TPSA) is 73.8 Å². The molecule has 0 spiro atoms. The van der Waals surface area contributed by atoms with Gasteiger partial charge >= 0.3 is 0 Å². The van der Waals surface area contributed by atoms with E-state index in [-0.39, 0.29) is 5.41 Å². The Hall–Kier alpha value is -2.38. The Morgan fingerprint density at radius 2 is 1.63 bits per heavy atom. The van der Waals surface area contributed by atoms with Gasteiger partial charge in [0.25, 0.3) is 0 Å². The van der Waals surface area contributed by atoms with Crippen LogP contribution in [-0.2, 0) is 22.0 Å². The van der Waals surface area contributed by atoms with Gasteiger partial charge in [-0.3, -0.25) is 4.99 Å². The molecule has 0 aromatic heterocycles. The highest BCUT2D eigenvalue weighted by Gasteiger charge is 2.35. The Bertz CT molecular complexity index is 948. The molecule has 0 heterocycles. The number of aliphatic imine (C=N–C) groups is 1. The van der Waals surface area contributed by atoms with Gasteiger partial charge in [0.05, 0.1) is 4.90 Å². The number of guanidine groups is 1. The smallest absolute Gasteiger partial charge is 0.242 e. The third kappa shape index (κ3) is 5.02. The number of rotatable bonds is 7. The number of hydrogen-bond acceptors (Lipinski definition) is 3. The zero-order chi connectivity index (χ0) is 21.6. The summed E-state index contributed by atoms with van der Waals surface area (Å²) in [6, 6.07) is 17.7. The number of nitrogens with zero attached hydrogens (tertiary/aromatic N) is 2. The lowest BCUT2D eigenvalue weighted by Gasteiger charge is -2.30. The van der Waals surface area contributed by atoms with E-state index in [4.69, 9.17) is 0 Å². The third-order valence-corrected chi connectivity index (χ3v) is 7.76. The first-order valence-electron chi connectivity index (χ1n) is 10.4. The van der Waals surface area contributed by atoms with Crippen LogP contribution >= 0.6 is 0 Å². The predicted octanol–water partition coefficient (Wildman–Crippen LogP) is 3.11. The molecule has 0 saturated heterocycles. The van der Waals surface area contributed by atoms with E-state index in [2.05, 4.69) is 46.0 Å². The Balaban J connectivity index is 1.60. The summed E-state index contributed by atoms with van der Waals surface area (Å²) in [7, 11) is 1.44. The lowest BCUT2D eigenvalue weighted by atomic mass is 9.79. The molecule has 2 N–H and O–H groups in total. The number of hydrogen-bond donors (Lipinski definition) is 2. The minimum absolute atomic E-state index is 0.154. The van der Waals surface area contributed by atoms with Crippen LogP contribution in [-0.4, -0.2) is 46.4 Å². The van der Waals surface area contributed by atoms with Crippen LogP contribution in [0.2, 0.25) is 0 Å². The first-order chi connectivity index (χ1) is 14.4. The molecular weight excluding hydrogens is 396 g/mol. The van der Waals surface area contributed by atoms with Gasteiger partial charge in [-0.15, -0.1) is 0 Å². The molecule has 2 aromatic rings. The molecule has 7 heteroatoms. The highest BCUT2D eigenvalue weighted by Crippen LogP contribution is 2.40. The molecule has 0 bridgehead atoms. The van der Waals surface area contributed by atoms with Gasteiger partial charge in [0.1, 0.15) is 0 Å². The van der Waals surface area contributed by atoms with Crippen molar-refractivity contribution in [2.45, 2.75) is 42.5 Å². The van der Waals surface area contributed by atoms with Crippen molar-refractivity contribution in [3.8, 4) is 0 Å². The summed E-state index contributed by atoms with van der Waals surface area (Å²) in [6.45, 7) is 1.41. The quantitative estimate of drug-likeness (QED) is 0.525. The van der Waals surface area contributed by atoms with E-state index in [1.165, 1.54) is 49.6 Å². The molecule has 0 aliphatic heterocycles. The SMILES string of the molecule is CN=C(NCc1ccc(S(=O)(=O)N(C)C)cc1)NCC1(c2ccccc2)CCCC1. The molecule has 1 aliphatic carbocycles. The monoisotopic (exact) mass is 428 g/mol. The molecule has 6 nitrogen and oxygen atoms in total. The van der Waals surface area contributed by atoms with Crippen LogP contribution in [0.3, 0.4) is 0 Å². The fourth-order valence-corrected chi connectivity index (χ4v) is 4.96. The van der Waals surface area contributed by atoms with Crippen molar-refractivity contribution in [3.63, 3.8) is 0 Å². The summed E-state index contributed by atoms with van der Waals surface area (Å²) < 4.78 is 25.6. The van der Waals surface area contributed by atoms with Crippen molar-refractivity contribution < 1.29 is 8.42 Å². The van der Waals surface area contributed by atoms with Gasteiger partial charge in [-0.05, 0) is 36.1 Å². The number of benzene rings is 2. The molecule has 1 fully saturated rings. The number of nitrogens with one attached hydrogen (secondary N) is 2. The summed E-state index contributed by atoms with van der Waals surface area (Å²) in [5.74, 6) is 0.752. The van der Waals surface area contributed by atoms with Gasteiger partial charge in [-0.2, -0.15) is 0 Å². The second-order valence-corrected chi connectivity index (χ2v) is 10.2. The van der Waals surface area contributed by atoms with Gasteiger partial charge in [0, 0.05) is 39.6 Å². The molecule has 2 aromatic carbocycles. The van der Waals surface area contributed by atoms with E-state index < -0.39 is 10.0 Å². The van der Waals surface area contributed by atoms with Gasteiger partial charge < -0.3 is 10.6 Å². The predicted molar refractivity (Wildman–Crippen MR) is 122 cm³/mol. The highest BCUT2D eigenvalue weighted by atomic mass is 32.2. The van der Waals surface area contributed by atoms with E-state index in [9.17, 15) is 8.42 Å². The summed E-state index contributed by atoms with van der Waals surface area (Å²) in [6.07, 6.45) is 4.88. The fourth-order valence-electron chi connectivity index (χ4n) is 4.06. The Morgan fingerprint density at radius 1 is 1.00 bits per heavy atom. The molecule has 0 radical (unpaired) electrons. The van der Waals surface area contributed by atoms with Crippen molar-refractivity contribution in [1.82, 2.24) is 14.9 Å². The molecule has 162 valence electrons. The van der Waals surface area contributed by atoms with Crippen LogP contribution in [0.25, 0.3) is 0 Å². The first kappa shape index (κ1) is 22.3. The van der Waals surface area contributed by atoms with Crippen molar-refractivity contribution >= 4 is 16.0 Å². The maximum atomic E-state index is 12.2. The van der Waals surface area contributed by atoms with E-state index in [0.717, 1.165) is 18.1 Å². The van der Waals surface area contributed by atoms with Crippen molar-refractivity contribution in [1.29, 1.82) is 0 Å². The maximum Gasteiger partial charge on any atom is 0.242 e. The summed E-state index contributed by atoms with van der Waals surface area (Å²) in [4.78, 5) is 4.66. The zero-order valence-corrected chi connectivity index (χ0v) is 18.9. The molecule has 0 unspecified atom stereocenters. The minimum atomic E-state index is -3.40. The second kappa shape index (κ2) is 9.62. The van der Waals surface area contributed by atoms with Crippen molar-refractivity contribution in [2.24, 2.45) is 4.99 Å². The molecule has 0 amide bonds. The van der Waals surface area contributed by atoms with Crippen LogP contribution in [0.1, 0.15) is 36.8 Å². The third-order valence-electron chi connectivity index (χ3n) is 5.93. The molecule has 1 saturated carbocycles. The standard InChI is InChI=1S/C23H32N4O2S/c1-24-22(25-17-19-11-13-21(14-12-19)30(28,29)27(2)3)26-18-23(15-7-8-16-23)20-9-5-4-6-10-20/h4-6,9-14H,7-8,15-18H2,1-3H3,(H2,24,25,26). The van der Waals surface area contributed by atoms with E-state index >= 15 is 0 Å². The van der Waals surface area contributed by atoms with Crippen LogP contribution in [0.5, 0.6) is 0 Å². The molecule has 3 rings (SSSR count). The highest BCUT2D eigenvalue weighted by molar-refractivity contribution is 7.89. The largest absolute Gasteiger partial charge is 0.356 e. The number of sulfonamides is 1. The molecule has 30 heavy (non-hydrogen) atoms. The molecule has 1 aliphatic rings. The second-order valence-electron chi connectivity index (χ2n) is 8.06. The van der Waals surface area contributed by atoms with E-state index in [1.807, 2.05) is 12.1 Å². The van der Waals surface area contributed by atoms with Crippen molar-refractivity contribution in [3.05, 3.63) is 65.7 Å². The lowest BCUT2D eigenvalue weighted by Crippen LogP contribution is -2.44. The Morgan fingerprint density at radius 3 is 2.20 bits per heavy atom. The Labute approximate surface area is 180 Å². The van der Waals surface area contributed by atoms with Crippen LogP contribution < -0.4 is 10.6 Å². The van der Waals surface area contributed by atoms with Gasteiger partial charge in [0.2, 0.25) is 10.0 Å². The average Bonchev–Trinajstić information content (AvgIpc) is 3.25. The normalized spacial score (nSPS) is 16.6. The van der Waals surface area contributed by atoms with Crippen LogP contribution in [0.4, 0.5) is 0 Å². The van der Waals surface area contributed by atoms with E-state index in [0.29, 0.717) is 11.4 Å². The Kier molecular flexibility index (Phi) is 7.15. The first-order valence-corrected chi connectivity index (χ1v) is 11.8. The van der Waals surface area contributed by atoms with Gasteiger partial charge in [-0.25, -0.2) is 12.7 Å². The van der Waals surface area contributed by atoms with Crippen molar-refractivity contribution in [2.75, 3.05) is 27.7 Å².